The molecule has 2 N–H and O–H groups in total. The molecule has 0 bridgehead atoms. The first-order valence-electron chi connectivity index (χ1n) is 6.84. The fraction of sp³-hybridized carbons (Fsp3) is 0.600. The van der Waals surface area contributed by atoms with Crippen molar-refractivity contribution in [1.82, 2.24) is 10.6 Å². The van der Waals surface area contributed by atoms with Gasteiger partial charge in [-0.2, -0.15) is 0 Å². The molecule has 18 heavy (non-hydrogen) atoms. The average molecular weight is 269 g/mol. The second-order valence-corrected chi connectivity index (χ2v) is 5.51. The van der Waals surface area contributed by atoms with Gasteiger partial charge in [-0.15, -0.1) is 0 Å². The summed E-state index contributed by atoms with van der Waals surface area (Å²) in [6.45, 7) is 8.80. The normalized spacial score (nSPS) is 11.1. The lowest BCUT2D eigenvalue weighted by Crippen LogP contribution is -2.25. The fourth-order valence-corrected chi connectivity index (χ4v) is 1.86. The number of halogens is 1. The van der Waals surface area contributed by atoms with Gasteiger partial charge in [0, 0.05) is 5.02 Å². The third kappa shape index (κ3) is 7.70. The van der Waals surface area contributed by atoms with E-state index in [9.17, 15) is 0 Å². The van der Waals surface area contributed by atoms with E-state index in [2.05, 4.69) is 36.6 Å². The van der Waals surface area contributed by atoms with E-state index in [0.717, 1.165) is 43.5 Å². The summed E-state index contributed by atoms with van der Waals surface area (Å²) < 4.78 is 0. The number of hydrogen-bond acceptors (Lipinski definition) is 2. The summed E-state index contributed by atoms with van der Waals surface area (Å²) in [5, 5.41) is 7.72. The smallest absolute Gasteiger partial charge is 0.0406 e. The summed E-state index contributed by atoms with van der Waals surface area (Å²) in [7, 11) is 0. The fourth-order valence-electron chi connectivity index (χ4n) is 1.74. The van der Waals surface area contributed by atoms with Crippen molar-refractivity contribution in [3.63, 3.8) is 0 Å². The van der Waals surface area contributed by atoms with Gasteiger partial charge in [0.25, 0.3) is 0 Å². The Hall–Kier alpha value is -0.570. The Morgan fingerprint density at radius 2 is 1.67 bits per heavy atom. The predicted octanol–water partition coefficient (Wildman–Crippen LogP) is 3.11. The molecule has 0 aromatic heterocycles. The Morgan fingerprint density at radius 3 is 2.33 bits per heavy atom. The zero-order valence-electron chi connectivity index (χ0n) is 11.5. The summed E-state index contributed by atoms with van der Waals surface area (Å²) in [5.74, 6) is 0.739. The summed E-state index contributed by atoms with van der Waals surface area (Å²) in [6.07, 6.45) is 2.25. The third-order valence-electron chi connectivity index (χ3n) is 2.76. The minimum Gasteiger partial charge on any atom is -0.316 e. The molecule has 0 amide bonds. The van der Waals surface area contributed by atoms with Gasteiger partial charge in [-0.1, -0.05) is 37.6 Å². The third-order valence-corrected chi connectivity index (χ3v) is 3.02. The second kappa shape index (κ2) is 9.37. The topological polar surface area (TPSA) is 24.1 Å². The molecule has 0 spiro atoms. The van der Waals surface area contributed by atoms with Crippen molar-refractivity contribution in [1.29, 1.82) is 0 Å². The number of nitrogens with one attached hydrogen (secondary N) is 2. The molecule has 1 aromatic rings. The molecule has 0 radical (unpaired) electrons. The van der Waals surface area contributed by atoms with Crippen LogP contribution in [0.1, 0.15) is 25.8 Å². The highest BCUT2D eigenvalue weighted by atomic mass is 35.5. The Labute approximate surface area is 116 Å². The lowest BCUT2D eigenvalue weighted by molar-refractivity contribution is 0.531. The van der Waals surface area contributed by atoms with E-state index >= 15 is 0 Å². The number of benzene rings is 1. The van der Waals surface area contributed by atoms with Crippen molar-refractivity contribution in [2.75, 3.05) is 26.2 Å². The maximum atomic E-state index is 5.84. The monoisotopic (exact) mass is 268 g/mol. The van der Waals surface area contributed by atoms with Crippen molar-refractivity contribution in [2.24, 2.45) is 5.92 Å². The van der Waals surface area contributed by atoms with Crippen LogP contribution in [0.25, 0.3) is 0 Å². The second-order valence-electron chi connectivity index (χ2n) is 5.08. The predicted molar refractivity (Wildman–Crippen MR) is 80.4 cm³/mol. The van der Waals surface area contributed by atoms with Crippen molar-refractivity contribution < 1.29 is 0 Å². The quantitative estimate of drug-likeness (QED) is 0.673. The Balaban J connectivity index is 1.94. The van der Waals surface area contributed by atoms with Crippen molar-refractivity contribution in [2.45, 2.75) is 26.7 Å². The van der Waals surface area contributed by atoms with Crippen LogP contribution in [0.5, 0.6) is 0 Å². The van der Waals surface area contributed by atoms with Crippen LogP contribution in [0.4, 0.5) is 0 Å². The first kappa shape index (κ1) is 15.5. The van der Waals surface area contributed by atoms with Crippen LogP contribution in [0.2, 0.25) is 5.02 Å². The summed E-state index contributed by atoms with van der Waals surface area (Å²) >= 11 is 5.84. The van der Waals surface area contributed by atoms with Crippen molar-refractivity contribution >= 4 is 11.6 Å². The summed E-state index contributed by atoms with van der Waals surface area (Å²) in [5.41, 5.74) is 1.34. The van der Waals surface area contributed by atoms with Gasteiger partial charge in [-0.25, -0.2) is 0 Å². The molecule has 2 nitrogen and oxygen atoms in total. The van der Waals surface area contributed by atoms with E-state index in [1.165, 1.54) is 12.0 Å². The van der Waals surface area contributed by atoms with Crippen LogP contribution in [0.3, 0.4) is 0 Å². The van der Waals surface area contributed by atoms with E-state index in [1.807, 2.05) is 12.1 Å². The molecule has 0 aliphatic carbocycles. The minimum atomic E-state index is 0.739. The number of hydrogen-bond donors (Lipinski definition) is 2. The van der Waals surface area contributed by atoms with Crippen LogP contribution in [0.15, 0.2) is 24.3 Å². The van der Waals surface area contributed by atoms with E-state index in [-0.39, 0.29) is 0 Å². The maximum absolute atomic E-state index is 5.84. The van der Waals surface area contributed by atoms with Crippen LogP contribution < -0.4 is 10.6 Å². The molecule has 1 rings (SSSR count). The largest absolute Gasteiger partial charge is 0.316 e. The molecular formula is C15H25ClN2. The van der Waals surface area contributed by atoms with E-state index < -0.39 is 0 Å². The van der Waals surface area contributed by atoms with E-state index in [4.69, 9.17) is 11.6 Å². The Morgan fingerprint density at radius 1 is 1.00 bits per heavy atom. The van der Waals surface area contributed by atoms with Crippen LogP contribution in [-0.4, -0.2) is 26.2 Å². The van der Waals surface area contributed by atoms with Crippen LogP contribution >= 0.6 is 11.6 Å². The number of rotatable bonds is 9. The molecule has 0 aliphatic rings. The molecule has 3 heteroatoms. The van der Waals surface area contributed by atoms with E-state index in [0.29, 0.717) is 0 Å². The van der Waals surface area contributed by atoms with Gasteiger partial charge in [0.2, 0.25) is 0 Å². The van der Waals surface area contributed by atoms with Gasteiger partial charge in [0.15, 0.2) is 0 Å². The molecular weight excluding hydrogens is 244 g/mol. The van der Waals surface area contributed by atoms with Gasteiger partial charge >= 0.3 is 0 Å². The zero-order valence-corrected chi connectivity index (χ0v) is 12.3. The molecule has 0 aliphatic heterocycles. The lowest BCUT2D eigenvalue weighted by Gasteiger charge is -2.08. The molecule has 0 heterocycles. The Kier molecular flexibility index (Phi) is 8.06. The van der Waals surface area contributed by atoms with Crippen molar-refractivity contribution in [3.8, 4) is 0 Å². The van der Waals surface area contributed by atoms with Gasteiger partial charge in [-0.3, -0.25) is 0 Å². The van der Waals surface area contributed by atoms with Gasteiger partial charge in [-0.05, 0) is 62.6 Å². The molecule has 0 unspecified atom stereocenters. The molecule has 102 valence electrons. The maximum Gasteiger partial charge on any atom is 0.0406 e. The summed E-state index contributed by atoms with van der Waals surface area (Å²) in [6, 6.07) is 8.09. The molecule has 1 aromatic carbocycles. The van der Waals surface area contributed by atoms with Crippen molar-refractivity contribution in [3.05, 3.63) is 34.9 Å². The SMILES string of the molecule is CC(C)CNCCCNCCc1ccc(Cl)cc1. The minimum absolute atomic E-state index is 0.739. The van der Waals surface area contributed by atoms with Gasteiger partial charge in [0.1, 0.15) is 0 Å². The highest BCUT2D eigenvalue weighted by Gasteiger charge is 1.94. The standard InChI is InChI=1S/C15H25ClN2/c1-13(2)12-18-10-3-9-17-11-8-14-4-6-15(16)7-5-14/h4-7,13,17-18H,3,8-12H2,1-2H3. The molecule has 0 saturated heterocycles. The first-order chi connectivity index (χ1) is 8.68. The molecule has 0 saturated carbocycles. The van der Waals surface area contributed by atoms with E-state index in [1.54, 1.807) is 0 Å². The van der Waals surface area contributed by atoms with Crippen LogP contribution in [0, 0.1) is 5.92 Å². The Bertz CT molecular complexity index is 309. The van der Waals surface area contributed by atoms with Crippen LogP contribution in [-0.2, 0) is 6.42 Å². The average Bonchev–Trinajstić information content (AvgIpc) is 2.34. The highest BCUT2D eigenvalue weighted by Crippen LogP contribution is 2.09. The lowest BCUT2D eigenvalue weighted by atomic mass is 10.1. The van der Waals surface area contributed by atoms with Gasteiger partial charge < -0.3 is 10.6 Å². The van der Waals surface area contributed by atoms with Gasteiger partial charge in [0.05, 0.1) is 0 Å². The molecule has 0 fully saturated rings. The highest BCUT2D eigenvalue weighted by molar-refractivity contribution is 6.30. The zero-order chi connectivity index (χ0) is 13.2. The first-order valence-corrected chi connectivity index (χ1v) is 7.22. The molecule has 0 atom stereocenters. The summed E-state index contributed by atoms with van der Waals surface area (Å²) in [4.78, 5) is 0.